The molecular weight excluding hydrogens is 362 g/mol. The summed E-state index contributed by atoms with van der Waals surface area (Å²) in [6, 6.07) is 17.2. The molecule has 6 nitrogen and oxygen atoms in total. The Kier molecular flexibility index (Phi) is 4.80. The molecule has 29 heavy (non-hydrogen) atoms. The molecule has 4 aromatic rings. The van der Waals surface area contributed by atoms with Gasteiger partial charge in [0.2, 0.25) is 0 Å². The number of anilines is 1. The van der Waals surface area contributed by atoms with Gasteiger partial charge in [-0.05, 0) is 36.9 Å². The van der Waals surface area contributed by atoms with Crippen LogP contribution in [0.3, 0.4) is 0 Å². The van der Waals surface area contributed by atoms with Crippen LogP contribution in [0, 0.1) is 25.2 Å². The van der Waals surface area contributed by atoms with Crippen LogP contribution in [0.5, 0.6) is 0 Å². The zero-order valence-corrected chi connectivity index (χ0v) is 16.2. The molecule has 1 amide bonds. The van der Waals surface area contributed by atoms with Gasteiger partial charge >= 0.3 is 0 Å². The number of benzene rings is 2. The number of nitrogens with one attached hydrogen (secondary N) is 1. The number of amides is 1. The van der Waals surface area contributed by atoms with Crippen molar-refractivity contribution >= 4 is 22.4 Å². The molecule has 0 fully saturated rings. The molecule has 0 atom stereocenters. The van der Waals surface area contributed by atoms with Crippen LogP contribution in [-0.4, -0.2) is 20.7 Å². The van der Waals surface area contributed by atoms with Crippen molar-refractivity contribution in [3.05, 3.63) is 89.0 Å². The zero-order valence-electron chi connectivity index (χ0n) is 16.2. The maximum absolute atomic E-state index is 13.0. The monoisotopic (exact) mass is 381 g/mol. The number of pyridine rings is 1. The molecule has 6 heteroatoms. The van der Waals surface area contributed by atoms with Gasteiger partial charge in [0, 0.05) is 17.8 Å². The molecule has 1 N–H and O–H groups in total. The first-order chi connectivity index (χ1) is 14.1. The van der Waals surface area contributed by atoms with E-state index in [-0.39, 0.29) is 5.91 Å². The number of aryl methyl sites for hydroxylation is 1. The lowest BCUT2D eigenvalue weighted by Crippen LogP contribution is -2.14. The molecule has 0 aliphatic rings. The van der Waals surface area contributed by atoms with E-state index in [2.05, 4.69) is 21.5 Å². The average molecular weight is 381 g/mol. The van der Waals surface area contributed by atoms with E-state index in [0.29, 0.717) is 23.4 Å². The van der Waals surface area contributed by atoms with Gasteiger partial charge in [-0.3, -0.25) is 14.5 Å². The van der Waals surface area contributed by atoms with Gasteiger partial charge in [0.05, 0.1) is 40.8 Å². The Hall–Kier alpha value is -3.98. The van der Waals surface area contributed by atoms with Crippen LogP contribution in [0.15, 0.2) is 60.9 Å². The van der Waals surface area contributed by atoms with Crippen molar-refractivity contribution in [1.82, 2.24) is 14.8 Å². The number of aromatic nitrogens is 3. The van der Waals surface area contributed by atoms with Crippen molar-refractivity contribution in [3.8, 4) is 6.07 Å². The van der Waals surface area contributed by atoms with Crippen LogP contribution in [0.25, 0.3) is 10.8 Å². The fourth-order valence-electron chi connectivity index (χ4n) is 3.37. The topological polar surface area (TPSA) is 83.6 Å². The van der Waals surface area contributed by atoms with E-state index >= 15 is 0 Å². The normalized spacial score (nSPS) is 10.7. The standard InChI is InChI=1S/C23H19N5O/c1-15-22(16(2)28(27-15)14-18-9-7-17(11-24)8-10-18)26-23(29)21-13-25-12-19-5-3-4-6-20(19)21/h3-10,12-13H,14H2,1-2H3,(H,26,29). The fourth-order valence-corrected chi connectivity index (χ4v) is 3.37. The Morgan fingerprint density at radius 1 is 1.10 bits per heavy atom. The minimum Gasteiger partial charge on any atom is -0.319 e. The molecule has 0 spiro atoms. The maximum Gasteiger partial charge on any atom is 0.257 e. The second kappa shape index (κ2) is 7.56. The first-order valence-electron chi connectivity index (χ1n) is 9.24. The summed E-state index contributed by atoms with van der Waals surface area (Å²) in [6.07, 6.45) is 3.34. The van der Waals surface area contributed by atoms with Gasteiger partial charge in [-0.15, -0.1) is 0 Å². The molecule has 0 saturated heterocycles. The summed E-state index contributed by atoms with van der Waals surface area (Å²) in [7, 11) is 0. The van der Waals surface area contributed by atoms with Gasteiger partial charge in [0.15, 0.2) is 0 Å². The molecule has 2 heterocycles. The van der Waals surface area contributed by atoms with Crippen molar-refractivity contribution in [2.75, 3.05) is 5.32 Å². The van der Waals surface area contributed by atoms with E-state index in [4.69, 9.17) is 5.26 Å². The zero-order chi connectivity index (χ0) is 20.4. The average Bonchev–Trinajstić information content (AvgIpc) is 3.01. The minimum atomic E-state index is -0.210. The summed E-state index contributed by atoms with van der Waals surface area (Å²) in [6.45, 7) is 4.37. The van der Waals surface area contributed by atoms with E-state index in [1.165, 1.54) is 0 Å². The van der Waals surface area contributed by atoms with Crippen LogP contribution in [0.1, 0.15) is 32.9 Å². The Morgan fingerprint density at radius 2 is 1.86 bits per heavy atom. The van der Waals surface area contributed by atoms with E-state index in [0.717, 1.165) is 27.7 Å². The molecule has 0 radical (unpaired) electrons. The third-order valence-electron chi connectivity index (χ3n) is 4.95. The van der Waals surface area contributed by atoms with E-state index in [1.807, 2.05) is 54.9 Å². The van der Waals surface area contributed by atoms with Crippen LogP contribution < -0.4 is 5.32 Å². The molecule has 0 saturated carbocycles. The van der Waals surface area contributed by atoms with Gasteiger partial charge in [-0.25, -0.2) is 0 Å². The number of carbonyl (C=O) groups is 1. The van der Waals surface area contributed by atoms with Crippen LogP contribution >= 0.6 is 0 Å². The predicted molar refractivity (Wildman–Crippen MR) is 112 cm³/mol. The Bertz CT molecular complexity index is 1240. The highest BCUT2D eigenvalue weighted by Crippen LogP contribution is 2.23. The van der Waals surface area contributed by atoms with E-state index < -0.39 is 0 Å². The molecule has 2 aromatic carbocycles. The van der Waals surface area contributed by atoms with E-state index in [9.17, 15) is 4.79 Å². The number of nitriles is 1. The highest BCUT2D eigenvalue weighted by atomic mass is 16.1. The quantitative estimate of drug-likeness (QED) is 0.574. The lowest BCUT2D eigenvalue weighted by Gasteiger charge is -2.09. The summed E-state index contributed by atoms with van der Waals surface area (Å²) in [5.41, 5.74) is 4.51. The number of carbonyl (C=O) groups excluding carboxylic acids is 1. The highest BCUT2D eigenvalue weighted by molar-refractivity contribution is 6.12. The number of hydrogen-bond acceptors (Lipinski definition) is 4. The van der Waals surface area contributed by atoms with E-state index in [1.54, 1.807) is 24.5 Å². The molecule has 0 aliphatic carbocycles. The molecule has 0 aliphatic heterocycles. The smallest absolute Gasteiger partial charge is 0.257 e. The third kappa shape index (κ3) is 3.58. The number of hydrogen-bond donors (Lipinski definition) is 1. The largest absolute Gasteiger partial charge is 0.319 e. The van der Waals surface area contributed by atoms with Gasteiger partial charge in [-0.1, -0.05) is 36.4 Å². The maximum atomic E-state index is 13.0. The fraction of sp³-hybridized carbons (Fsp3) is 0.130. The van der Waals surface area contributed by atoms with Crippen molar-refractivity contribution < 1.29 is 4.79 Å². The SMILES string of the molecule is Cc1nn(Cc2ccc(C#N)cc2)c(C)c1NC(=O)c1cncc2ccccc12. The molecule has 4 rings (SSSR count). The first kappa shape index (κ1) is 18.4. The summed E-state index contributed by atoms with van der Waals surface area (Å²) < 4.78 is 1.85. The minimum absolute atomic E-state index is 0.210. The van der Waals surface area contributed by atoms with Crippen molar-refractivity contribution in [2.45, 2.75) is 20.4 Å². The van der Waals surface area contributed by atoms with Crippen LogP contribution in [-0.2, 0) is 6.54 Å². The summed E-state index contributed by atoms with van der Waals surface area (Å²) >= 11 is 0. The molecule has 0 unspecified atom stereocenters. The number of rotatable bonds is 4. The first-order valence-corrected chi connectivity index (χ1v) is 9.24. The third-order valence-corrected chi connectivity index (χ3v) is 4.95. The lowest BCUT2D eigenvalue weighted by atomic mass is 10.1. The van der Waals surface area contributed by atoms with Crippen molar-refractivity contribution in [2.24, 2.45) is 0 Å². The van der Waals surface area contributed by atoms with Gasteiger partial charge in [0.25, 0.3) is 5.91 Å². The van der Waals surface area contributed by atoms with Crippen molar-refractivity contribution in [3.63, 3.8) is 0 Å². The molecule has 2 aromatic heterocycles. The van der Waals surface area contributed by atoms with Crippen molar-refractivity contribution in [1.29, 1.82) is 5.26 Å². The van der Waals surface area contributed by atoms with Crippen LogP contribution in [0.2, 0.25) is 0 Å². The van der Waals surface area contributed by atoms with Gasteiger partial charge < -0.3 is 5.32 Å². The summed E-state index contributed by atoms with van der Waals surface area (Å²) in [4.78, 5) is 17.1. The Labute approximate surface area is 168 Å². The van der Waals surface area contributed by atoms with Gasteiger partial charge in [0.1, 0.15) is 0 Å². The molecule has 142 valence electrons. The number of fused-ring (bicyclic) bond motifs is 1. The number of nitrogens with zero attached hydrogens (tertiary/aromatic N) is 4. The lowest BCUT2D eigenvalue weighted by molar-refractivity contribution is 0.102. The summed E-state index contributed by atoms with van der Waals surface area (Å²) in [5.74, 6) is -0.210. The Morgan fingerprint density at radius 3 is 2.62 bits per heavy atom. The Balaban J connectivity index is 1.60. The highest BCUT2D eigenvalue weighted by Gasteiger charge is 2.17. The van der Waals surface area contributed by atoms with Crippen LogP contribution in [0.4, 0.5) is 5.69 Å². The van der Waals surface area contributed by atoms with Gasteiger partial charge in [-0.2, -0.15) is 10.4 Å². The second-order valence-electron chi connectivity index (χ2n) is 6.87. The summed E-state index contributed by atoms with van der Waals surface area (Å²) in [5, 5.41) is 18.3. The predicted octanol–water partition coefficient (Wildman–Crippen LogP) is 4.22. The molecule has 0 bridgehead atoms. The molecular formula is C23H19N5O. The second-order valence-corrected chi connectivity index (χ2v) is 6.87.